The van der Waals surface area contributed by atoms with Crippen LogP contribution in [0.25, 0.3) is 0 Å². The first-order valence-electron chi connectivity index (χ1n) is 6.50. The van der Waals surface area contributed by atoms with Gasteiger partial charge in [0.25, 0.3) is 0 Å². The van der Waals surface area contributed by atoms with E-state index in [1.807, 2.05) is 33.8 Å². The first kappa shape index (κ1) is 15.2. The van der Waals surface area contributed by atoms with Crippen molar-refractivity contribution >= 4 is 5.78 Å². The number of ether oxygens (including phenoxy) is 1. The van der Waals surface area contributed by atoms with Crippen LogP contribution in [0.4, 0.5) is 0 Å². The molecule has 0 unspecified atom stereocenters. The summed E-state index contributed by atoms with van der Waals surface area (Å²) in [4.78, 5) is 12.9. The Hall–Kier alpha value is -1.82. The lowest BCUT2D eigenvalue weighted by atomic mass is 9.65. The first-order valence-corrected chi connectivity index (χ1v) is 6.50. The summed E-state index contributed by atoms with van der Waals surface area (Å²) in [6, 6.07) is 9.33. The molecular formula is C16H21NO2. The summed E-state index contributed by atoms with van der Waals surface area (Å²) >= 11 is 0. The summed E-state index contributed by atoms with van der Waals surface area (Å²) in [5.41, 5.74) is -0.539. The molecule has 0 saturated heterocycles. The second kappa shape index (κ2) is 5.88. The van der Waals surface area contributed by atoms with Crippen molar-refractivity contribution in [3.05, 3.63) is 29.8 Å². The van der Waals surface area contributed by atoms with Gasteiger partial charge in [-0.15, -0.1) is 0 Å². The molecule has 0 fully saturated rings. The maximum atomic E-state index is 12.9. The molecule has 0 saturated carbocycles. The van der Waals surface area contributed by atoms with Crippen molar-refractivity contribution in [3.8, 4) is 11.8 Å². The number of para-hydroxylation sites is 1. The van der Waals surface area contributed by atoms with E-state index in [4.69, 9.17) is 4.74 Å². The number of nitriles is 1. The van der Waals surface area contributed by atoms with Crippen molar-refractivity contribution in [2.75, 3.05) is 7.11 Å². The third-order valence-electron chi connectivity index (χ3n) is 3.73. The second-order valence-electron chi connectivity index (χ2n) is 5.32. The van der Waals surface area contributed by atoms with Gasteiger partial charge in [-0.3, -0.25) is 4.79 Å². The number of carbonyl (C=O) groups is 1. The number of nitrogens with zero attached hydrogens (tertiary/aromatic N) is 1. The summed E-state index contributed by atoms with van der Waals surface area (Å²) in [6.07, 6.45) is 0. The molecule has 19 heavy (non-hydrogen) atoms. The number of hydrogen-bond acceptors (Lipinski definition) is 3. The smallest absolute Gasteiger partial charge is 0.187 e. The van der Waals surface area contributed by atoms with E-state index in [2.05, 4.69) is 6.07 Å². The zero-order valence-corrected chi connectivity index (χ0v) is 12.2. The maximum absolute atomic E-state index is 12.9. The van der Waals surface area contributed by atoms with Crippen LogP contribution in [0.5, 0.6) is 5.75 Å². The molecule has 0 aliphatic rings. The Labute approximate surface area is 115 Å². The maximum Gasteiger partial charge on any atom is 0.187 e. The van der Waals surface area contributed by atoms with Gasteiger partial charge in [0.2, 0.25) is 0 Å². The van der Waals surface area contributed by atoms with Gasteiger partial charge in [-0.1, -0.05) is 39.8 Å². The van der Waals surface area contributed by atoms with E-state index < -0.39 is 5.41 Å². The Bertz CT molecular complexity index is 490. The largest absolute Gasteiger partial charge is 0.496 e. The van der Waals surface area contributed by atoms with Gasteiger partial charge >= 0.3 is 0 Å². The van der Waals surface area contributed by atoms with E-state index in [9.17, 15) is 10.1 Å². The molecule has 0 N–H and O–H groups in total. The van der Waals surface area contributed by atoms with Gasteiger partial charge < -0.3 is 4.74 Å². The normalized spacial score (nSPS) is 11.5. The van der Waals surface area contributed by atoms with E-state index in [0.717, 1.165) is 0 Å². The highest BCUT2D eigenvalue weighted by molar-refractivity contribution is 6.04. The van der Waals surface area contributed by atoms with Crippen LogP contribution in [-0.2, 0) is 0 Å². The zero-order chi connectivity index (χ0) is 14.6. The molecule has 0 spiro atoms. The summed E-state index contributed by atoms with van der Waals surface area (Å²) in [6.45, 7) is 7.65. The molecule has 1 aromatic rings. The number of methoxy groups -OCH3 is 1. The monoisotopic (exact) mass is 259 g/mol. The van der Waals surface area contributed by atoms with Crippen molar-refractivity contribution in [1.29, 1.82) is 5.26 Å². The number of Topliss-reactive ketones (excluding diaryl/α,β-unsaturated/α-hetero) is 1. The SMILES string of the molecule is COc1ccccc1C(=O)C(C#N)(C(C)C)C(C)C. The van der Waals surface area contributed by atoms with E-state index in [0.29, 0.717) is 11.3 Å². The fraction of sp³-hybridized carbons (Fsp3) is 0.500. The minimum atomic E-state index is -1.02. The Morgan fingerprint density at radius 1 is 1.21 bits per heavy atom. The van der Waals surface area contributed by atoms with Crippen LogP contribution in [-0.4, -0.2) is 12.9 Å². The molecule has 1 rings (SSSR count). The molecule has 0 bridgehead atoms. The highest BCUT2D eigenvalue weighted by Gasteiger charge is 2.45. The van der Waals surface area contributed by atoms with E-state index in [1.165, 1.54) is 7.11 Å². The molecule has 0 radical (unpaired) electrons. The van der Waals surface area contributed by atoms with Gasteiger partial charge in [0.05, 0.1) is 18.7 Å². The van der Waals surface area contributed by atoms with Crippen LogP contribution >= 0.6 is 0 Å². The molecule has 0 atom stereocenters. The molecule has 0 heterocycles. The molecule has 0 amide bonds. The fourth-order valence-corrected chi connectivity index (χ4v) is 2.56. The minimum absolute atomic E-state index is 0.0603. The minimum Gasteiger partial charge on any atom is -0.496 e. The average Bonchev–Trinajstić information content (AvgIpc) is 2.39. The summed E-state index contributed by atoms with van der Waals surface area (Å²) in [7, 11) is 1.53. The topological polar surface area (TPSA) is 50.1 Å². The van der Waals surface area contributed by atoms with Gasteiger partial charge in [0.1, 0.15) is 11.2 Å². The van der Waals surface area contributed by atoms with Gasteiger partial charge in [-0.25, -0.2) is 0 Å². The third kappa shape index (κ3) is 2.49. The number of rotatable bonds is 5. The van der Waals surface area contributed by atoms with Gasteiger partial charge in [-0.2, -0.15) is 5.26 Å². The second-order valence-corrected chi connectivity index (χ2v) is 5.32. The van der Waals surface area contributed by atoms with Crippen LogP contribution in [0.2, 0.25) is 0 Å². The molecular weight excluding hydrogens is 238 g/mol. The van der Waals surface area contributed by atoms with Crippen LogP contribution in [0.3, 0.4) is 0 Å². The molecule has 0 aromatic heterocycles. The fourth-order valence-electron chi connectivity index (χ4n) is 2.56. The predicted octanol–water partition coefficient (Wildman–Crippen LogP) is 3.70. The standard InChI is InChI=1S/C16H21NO2/c1-11(2)16(10-17,12(3)4)15(18)13-8-6-7-9-14(13)19-5/h6-9,11-12H,1-5H3. The summed E-state index contributed by atoms with van der Waals surface area (Å²) in [5, 5.41) is 9.60. The molecule has 1 aromatic carbocycles. The van der Waals surface area contributed by atoms with Gasteiger partial charge in [0.15, 0.2) is 5.78 Å². The molecule has 102 valence electrons. The van der Waals surface area contributed by atoms with Gasteiger partial charge in [0, 0.05) is 0 Å². The molecule has 0 aliphatic heterocycles. The van der Waals surface area contributed by atoms with Crippen LogP contribution in [0, 0.1) is 28.6 Å². The van der Waals surface area contributed by atoms with Crippen molar-refractivity contribution in [3.63, 3.8) is 0 Å². The number of hydrogen-bond donors (Lipinski definition) is 0. The predicted molar refractivity (Wildman–Crippen MR) is 75.0 cm³/mol. The number of benzene rings is 1. The molecule has 3 nitrogen and oxygen atoms in total. The van der Waals surface area contributed by atoms with E-state index in [-0.39, 0.29) is 17.6 Å². The zero-order valence-electron chi connectivity index (χ0n) is 12.2. The third-order valence-corrected chi connectivity index (χ3v) is 3.73. The van der Waals surface area contributed by atoms with Crippen LogP contribution < -0.4 is 4.74 Å². The highest BCUT2D eigenvalue weighted by atomic mass is 16.5. The lowest BCUT2D eigenvalue weighted by Gasteiger charge is -2.33. The van der Waals surface area contributed by atoms with Crippen molar-refractivity contribution in [2.24, 2.45) is 17.3 Å². The Balaban J connectivity index is 3.41. The van der Waals surface area contributed by atoms with E-state index in [1.54, 1.807) is 18.2 Å². The summed E-state index contributed by atoms with van der Waals surface area (Å²) in [5.74, 6) is 0.246. The summed E-state index contributed by atoms with van der Waals surface area (Å²) < 4.78 is 5.24. The molecule has 3 heteroatoms. The van der Waals surface area contributed by atoms with Crippen LogP contribution in [0.1, 0.15) is 38.1 Å². The Morgan fingerprint density at radius 2 is 1.74 bits per heavy atom. The number of ketones is 1. The molecule has 0 aliphatic carbocycles. The average molecular weight is 259 g/mol. The van der Waals surface area contributed by atoms with Crippen molar-refractivity contribution < 1.29 is 9.53 Å². The van der Waals surface area contributed by atoms with Gasteiger partial charge in [-0.05, 0) is 24.0 Å². The number of carbonyl (C=O) groups excluding carboxylic acids is 1. The van der Waals surface area contributed by atoms with Crippen molar-refractivity contribution in [1.82, 2.24) is 0 Å². The lowest BCUT2D eigenvalue weighted by Crippen LogP contribution is -2.40. The lowest BCUT2D eigenvalue weighted by molar-refractivity contribution is 0.0716. The van der Waals surface area contributed by atoms with Crippen molar-refractivity contribution in [2.45, 2.75) is 27.7 Å². The first-order chi connectivity index (χ1) is 8.91. The Kier molecular flexibility index (Phi) is 4.72. The van der Waals surface area contributed by atoms with E-state index >= 15 is 0 Å². The van der Waals surface area contributed by atoms with Crippen LogP contribution in [0.15, 0.2) is 24.3 Å². The Morgan fingerprint density at radius 3 is 2.16 bits per heavy atom. The highest BCUT2D eigenvalue weighted by Crippen LogP contribution is 2.40. The quantitative estimate of drug-likeness (QED) is 0.757.